The van der Waals surface area contributed by atoms with Crippen molar-refractivity contribution in [1.29, 1.82) is 0 Å². The van der Waals surface area contributed by atoms with Crippen molar-refractivity contribution in [3.8, 4) is 0 Å². The van der Waals surface area contributed by atoms with Crippen LogP contribution >= 0.6 is 15.9 Å². The summed E-state index contributed by atoms with van der Waals surface area (Å²) in [5, 5.41) is 26.7. The number of halogens is 2. The number of urea groups is 1. The molecular weight excluding hydrogens is 521 g/mol. The predicted octanol–water partition coefficient (Wildman–Crippen LogP) is 2.45. The summed E-state index contributed by atoms with van der Waals surface area (Å²) in [6, 6.07) is 3.14. The Bertz CT molecular complexity index is 1330. The number of β-amino-alcohol motifs (C(OH)–C–C–N with tert-alkyl or cyclic N) is 1. The summed E-state index contributed by atoms with van der Waals surface area (Å²) in [5.74, 6) is -0.169. The number of carbonyl (C=O) groups is 1. The summed E-state index contributed by atoms with van der Waals surface area (Å²) >= 11 is 3.48. The average molecular weight is 546 g/mol. The lowest BCUT2D eigenvalue weighted by Crippen LogP contribution is -2.45. The first-order chi connectivity index (χ1) is 16.8. The number of likely N-dealkylation sites (tertiary alicyclic amines) is 1. The van der Waals surface area contributed by atoms with Gasteiger partial charge in [0.1, 0.15) is 11.6 Å². The summed E-state index contributed by atoms with van der Waals surface area (Å²) < 4.78 is 15.8. The molecule has 10 nitrogen and oxygen atoms in total. The molecule has 0 spiro atoms. The molecule has 0 aliphatic carbocycles. The van der Waals surface area contributed by atoms with E-state index in [1.165, 1.54) is 21.5 Å². The van der Waals surface area contributed by atoms with Crippen molar-refractivity contribution < 1.29 is 19.4 Å². The summed E-state index contributed by atoms with van der Waals surface area (Å²) in [4.78, 5) is 23.6. The SMILES string of the molecule is CC(NC(=O)N1CC(O)CC1CO)c1nc2c(C3C=Nc4ccc(F)cc4C3)cnn2c(N)c1Br. The number of fused-ring (bicyclic) bond motifs is 2. The van der Waals surface area contributed by atoms with E-state index in [9.17, 15) is 19.4 Å². The fourth-order valence-corrected chi connectivity index (χ4v) is 5.32. The van der Waals surface area contributed by atoms with Crippen molar-refractivity contribution in [3.05, 3.63) is 51.5 Å². The summed E-state index contributed by atoms with van der Waals surface area (Å²) in [6.45, 7) is 1.70. The number of anilines is 1. The van der Waals surface area contributed by atoms with Crippen LogP contribution in [0.25, 0.3) is 5.65 Å². The van der Waals surface area contributed by atoms with Crippen molar-refractivity contribution in [2.75, 3.05) is 18.9 Å². The minimum atomic E-state index is -0.671. The van der Waals surface area contributed by atoms with Crippen molar-refractivity contribution >= 4 is 45.3 Å². The van der Waals surface area contributed by atoms with Gasteiger partial charge in [-0.25, -0.2) is 14.2 Å². The van der Waals surface area contributed by atoms with Crippen LogP contribution in [0.4, 0.5) is 20.7 Å². The highest BCUT2D eigenvalue weighted by Gasteiger charge is 2.35. The van der Waals surface area contributed by atoms with Gasteiger partial charge < -0.3 is 26.2 Å². The van der Waals surface area contributed by atoms with Crippen molar-refractivity contribution in [1.82, 2.24) is 24.8 Å². The van der Waals surface area contributed by atoms with Gasteiger partial charge in [0.15, 0.2) is 5.65 Å². The molecule has 0 saturated carbocycles. The zero-order valence-corrected chi connectivity index (χ0v) is 20.5. The van der Waals surface area contributed by atoms with E-state index >= 15 is 0 Å². The monoisotopic (exact) mass is 545 g/mol. The lowest BCUT2D eigenvalue weighted by Gasteiger charge is -2.25. The Balaban J connectivity index is 1.45. The maximum atomic E-state index is 13.8. The van der Waals surface area contributed by atoms with Gasteiger partial charge >= 0.3 is 6.03 Å². The molecule has 12 heteroatoms. The molecule has 2 aliphatic rings. The number of benzene rings is 1. The summed E-state index contributed by atoms with van der Waals surface area (Å²) in [6.07, 6.45) is 3.67. The number of hydrogen-bond acceptors (Lipinski definition) is 7. The van der Waals surface area contributed by atoms with Crippen LogP contribution in [0.15, 0.2) is 33.9 Å². The molecule has 4 unspecified atom stereocenters. The summed E-state index contributed by atoms with van der Waals surface area (Å²) in [7, 11) is 0. The molecule has 5 rings (SSSR count). The van der Waals surface area contributed by atoms with E-state index in [0.29, 0.717) is 34.5 Å². The van der Waals surface area contributed by atoms with Gasteiger partial charge in [0, 0.05) is 24.2 Å². The van der Waals surface area contributed by atoms with E-state index in [2.05, 4.69) is 31.3 Å². The number of rotatable bonds is 4. The number of nitrogens with zero attached hydrogens (tertiary/aromatic N) is 5. The number of hydrogen-bond donors (Lipinski definition) is 4. The van der Waals surface area contributed by atoms with Crippen molar-refractivity contribution in [3.63, 3.8) is 0 Å². The first-order valence-electron chi connectivity index (χ1n) is 11.3. The topological polar surface area (TPSA) is 141 Å². The van der Waals surface area contributed by atoms with Crippen LogP contribution in [0.1, 0.15) is 42.1 Å². The van der Waals surface area contributed by atoms with Crippen LogP contribution in [-0.2, 0) is 6.42 Å². The van der Waals surface area contributed by atoms with Crippen LogP contribution in [-0.4, -0.2) is 67.3 Å². The van der Waals surface area contributed by atoms with Gasteiger partial charge in [-0.15, -0.1) is 0 Å². The number of aliphatic hydroxyl groups is 2. The van der Waals surface area contributed by atoms with Crippen LogP contribution in [0.5, 0.6) is 0 Å². The number of nitrogens with two attached hydrogens (primary N) is 1. The molecule has 1 saturated heterocycles. The van der Waals surface area contributed by atoms with Crippen LogP contribution in [0.2, 0.25) is 0 Å². The van der Waals surface area contributed by atoms with Gasteiger partial charge in [-0.2, -0.15) is 9.61 Å². The van der Waals surface area contributed by atoms with Crippen molar-refractivity contribution in [2.45, 2.75) is 43.9 Å². The second-order valence-corrected chi connectivity index (χ2v) is 9.74. The Morgan fingerprint density at radius 1 is 1.43 bits per heavy atom. The van der Waals surface area contributed by atoms with Crippen LogP contribution in [0, 0.1) is 5.82 Å². The Kier molecular flexibility index (Phi) is 6.20. The fourth-order valence-electron chi connectivity index (χ4n) is 4.72. The van der Waals surface area contributed by atoms with E-state index < -0.39 is 24.2 Å². The molecule has 0 radical (unpaired) electrons. The first kappa shape index (κ1) is 23.6. The number of nitrogens with one attached hydrogen (secondary N) is 1. The number of aromatic nitrogens is 3. The molecule has 1 aromatic carbocycles. The summed E-state index contributed by atoms with van der Waals surface area (Å²) in [5.41, 5.74) is 9.69. The highest BCUT2D eigenvalue weighted by atomic mass is 79.9. The van der Waals surface area contributed by atoms with E-state index in [1.807, 2.05) is 0 Å². The second kappa shape index (κ2) is 9.17. The first-order valence-corrected chi connectivity index (χ1v) is 12.1. The zero-order chi connectivity index (χ0) is 24.9. The highest BCUT2D eigenvalue weighted by molar-refractivity contribution is 9.10. The van der Waals surface area contributed by atoms with E-state index in [4.69, 9.17) is 10.7 Å². The van der Waals surface area contributed by atoms with E-state index in [0.717, 1.165) is 16.8 Å². The molecule has 5 N–H and O–H groups in total. The third-order valence-corrected chi connectivity index (χ3v) is 7.38. The molecule has 4 heterocycles. The molecule has 3 aromatic rings. The number of aliphatic imine (C=N–C) groups is 1. The Labute approximate surface area is 208 Å². The highest BCUT2D eigenvalue weighted by Crippen LogP contribution is 2.35. The van der Waals surface area contributed by atoms with Crippen molar-refractivity contribution in [2.24, 2.45) is 4.99 Å². The van der Waals surface area contributed by atoms with Gasteiger partial charge in [0.25, 0.3) is 0 Å². The number of nitrogen functional groups attached to an aromatic ring is 1. The minimum absolute atomic E-state index is 0.148. The lowest BCUT2D eigenvalue weighted by molar-refractivity contribution is 0.152. The minimum Gasteiger partial charge on any atom is -0.394 e. The molecular formula is C23H25BrFN7O3. The second-order valence-electron chi connectivity index (χ2n) is 8.94. The lowest BCUT2D eigenvalue weighted by atomic mass is 9.91. The molecule has 1 fully saturated rings. The zero-order valence-electron chi connectivity index (χ0n) is 18.9. The normalized spacial score (nSPS) is 22.4. The molecule has 4 atom stereocenters. The molecule has 2 amide bonds. The third kappa shape index (κ3) is 4.26. The maximum Gasteiger partial charge on any atom is 0.318 e. The number of aliphatic hydroxyl groups excluding tert-OH is 2. The van der Waals surface area contributed by atoms with Gasteiger partial charge in [0.2, 0.25) is 0 Å². The third-order valence-electron chi connectivity index (χ3n) is 6.56. The van der Waals surface area contributed by atoms with E-state index in [-0.39, 0.29) is 24.9 Å². The van der Waals surface area contributed by atoms with Crippen LogP contribution in [0.3, 0.4) is 0 Å². The molecule has 184 valence electrons. The van der Waals surface area contributed by atoms with Crippen LogP contribution < -0.4 is 11.1 Å². The van der Waals surface area contributed by atoms with Gasteiger partial charge in [-0.1, -0.05) is 0 Å². The number of carbonyl (C=O) groups excluding carboxylic acids is 1. The largest absolute Gasteiger partial charge is 0.394 e. The van der Waals surface area contributed by atoms with Gasteiger partial charge in [0.05, 0.1) is 46.8 Å². The molecule has 35 heavy (non-hydrogen) atoms. The van der Waals surface area contributed by atoms with Gasteiger partial charge in [-0.05, 0) is 59.5 Å². The number of amides is 2. The molecule has 0 bridgehead atoms. The predicted molar refractivity (Wildman–Crippen MR) is 131 cm³/mol. The Morgan fingerprint density at radius 2 is 2.23 bits per heavy atom. The van der Waals surface area contributed by atoms with E-state index in [1.54, 1.807) is 25.4 Å². The molecule has 2 aliphatic heterocycles. The van der Waals surface area contributed by atoms with Gasteiger partial charge in [-0.3, -0.25) is 4.99 Å². The average Bonchev–Trinajstić information content (AvgIpc) is 3.44. The Hall–Kier alpha value is -3.09. The standard InChI is InChI=1S/C23H25BrFN7O3/c1-11(29-23(35)31-9-16(34)6-15(31)10-33)20-19(24)21(26)32-22(30-20)17(8-28-32)13-4-12-5-14(25)2-3-18(12)27-7-13/h2-3,5,7-8,11,13,15-16,33-34H,4,6,9-10,26H2,1H3,(H,29,35). The fraction of sp³-hybridized carbons (Fsp3) is 0.391. The smallest absolute Gasteiger partial charge is 0.318 e. The molecule has 2 aromatic heterocycles. The quantitative estimate of drug-likeness (QED) is 0.396. The Morgan fingerprint density at radius 3 is 3.00 bits per heavy atom. The maximum absolute atomic E-state index is 13.8.